The second kappa shape index (κ2) is 6.65. The zero-order valence-electron chi connectivity index (χ0n) is 11.3. The number of nitrogens with zero attached hydrogens (tertiary/aromatic N) is 2. The predicted molar refractivity (Wildman–Crippen MR) is 69.8 cm³/mol. The van der Waals surface area contributed by atoms with Gasteiger partial charge in [0.15, 0.2) is 0 Å². The highest BCUT2D eigenvalue weighted by atomic mass is 32.2. The molecule has 0 aromatic heterocycles. The molecule has 1 rings (SSSR count). The van der Waals surface area contributed by atoms with Crippen LogP contribution in [0.5, 0.6) is 0 Å². The maximum atomic E-state index is 12.5. The van der Waals surface area contributed by atoms with Crippen LogP contribution < -0.4 is 0 Å². The van der Waals surface area contributed by atoms with Gasteiger partial charge >= 0.3 is 5.97 Å². The van der Waals surface area contributed by atoms with Crippen molar-refractivity contribution < 1.29 is 23.4 Å². The molecule has 0 aliphatic carbocycles. The quantitative estimate of drug-likeness (QED) is 0.682. The summed E-state index contributed by atoms with van der Waals surface area (Å²) < 4.78 is 27.1. The Morgan fingerprint density at radius 3 is 2.26 bits per heavy atom. The molecule has 1 saturated heterocycles. The number of carbonyl (C=O) groups is 1. The second-order valence-electron chi connectivity index (χ2n) is 4.72. The number of β-amino-alcohol motifs (C(OH)–C–C–N with tert-alkyl or cyclic N) is 1. The fraction of sp³-hybridized carbons (Fsp3) is 0.909. The zero-order chi connectivity index (χ0) is 14.6. The van der Waals surface area contributed by atoms with E-state index in [9.17, 15) is 18.3 Å². The van der Waals surface area contributed by atoms with Crippen LogP contribution in [0.15, 0.2) is 0 Å². The summed E-state index contributed by atoms with van der Waals surface area (Å²) in [7, 11) is -3.83. The van der Waals surface area contributed by atoms with E-state index < -0.39 is 28.3 Å². The summed E-state index contributed by atoms with van der Waals surface area (Å²) in [5, 5.41) is 18.6. The molecular formula is C11H22N2O5S. The fourth-order valence-electron chi connectivity index (χ4n) is 2.25. The van der Waals surface area contributed by atoms with Crippen LogP contribution in [0.1, 0.15) is 33.1 Å². The maximum Gasteiger partial charge on any atom is 0.322 e. The Kier molecular flexibility index (Phi) is 5.72. The lowest BCUT2D eigenvalue weighted by Crippen LogP contribution is -2.49. The van der Waals surface area contributed by atoms with Crippen LogP contribution >= 0.6 is 0 Å². The van der Waals surface area contributed by atoms with Gasteiger partial charge in [-0.15, -0.1) is 0 Å². The van der Waals surface area contributed by atoms with Crippen molar-refractivity contribution in [2.75, 3.05) is 19.6 Å². The van der Waals surface area contributed by atoms with Crippen LogP contribution in [-0.2, 0) is 15.0 Å². The number of carboxylic acid groups (broad SMARTS) is 1. The third kappa shape index (κ3) is 3.65. The monoisotopic (exact) mass is 294 g/mol. The Morgan fingerprint density at radius 1 is 1.32 bits per heavy atom. The Hall–Kier alpha value is -0.700. The van der Waals surface area contributed by atoms with Gasteiger partial charge in [-0.25, -0.2) is 0 Å². The van der Waals surface area contributed by atoms with Crippen LogP contribution in [0.25, 0.3) is 0 Å². The number of aliphatic carboxylic acids is 1. The van der Waals surface area contributed by atoms with E-state index in [0.717, 1.165) is 4.31 Å². The number of aliphatic hydroxyl groups is 1. The molecule has 112 valence electrons. The van der Waals surface area contributed by atoms with Gasteiger partial charge in [-0.3, -0.25) is 4.79 Å². The van der Waals surface area contributed by atoms with Crippen LogP contribution in [0.4, 0.5) is 0 Å². The molecule has 1 fully saturated rings. The number of hydrogen-bond acceptors (Lipinski definition) is 4. The third-order valence-electron chi connectivity index (χ3n) is 3.09. The van der Waals surface area contributed by atoms with Crippen molar-refractivity contribution in [3.8, 4) is 0 Å². The molecule has 7 nitrogen and oxygen atoms in total. The molecule has 0 saturated carbocycles. The van der Waals surface area contributed by atoms with Crippen molar-refractivity contribution in [2.45, 2.75) is 45.3 Å². The van der Waals surface area contributed by atoms with Gasteiger partial charge in [-0.2, -0.15) is 17.0 Å². The Balaban J connectivity index is 2.99. The molecule has 0 amide bonds. The van der Waals surface area contributed by atoms with Crippen molar-refractivity contribution in [3.63, 3.8) is 0 Å². The third-order valence-corrected chi connectivity index (χ3v) is 5.10. The topological polar surface area (TPSA) is 98.2 Å². The van der Waals surface area contributed by atoms with Gasteiger partial charge in [0, 0.05) is 26.1 Å². The number of rotatable bonds is 7. The average molecular weight is 294 g/mol. The molecule has 8 heteroatoms. The van der Waals surface area contributed by atoms with E-state index in [1.807, 2.05) is 13.8 Å². The minimum Gasteiger partial charge on any atom is -0.480 e. The van der Waals surface area contributed by atoms with Crippen molar-refractivity contribution >= 4 is 16.2 Å². The Labute approximate surface area is 114 Å². The van der Waals surface area contributed by atoms with Crippen molar-refractivity contribution in [1.29, 1.82) is 0 Å². The van der Waals surface area contributed by atoms with Gasteiger partial charge in [-0.05, 0) is 12.8 Å². The molecular weight excluding hydrogens is 272 g/mol. The lowest BCUT2D eigenvalue weighted by atomic mass is 10.2. The molecule has 1 heterocycles. The Bertz CT molecular complexity index is 405. The molecule has 2 atom stereocenters. The molecule has 1 unspecified atom stereocenters. The number of hydrogen-bond donors (Lipinski definition) is 2. The highest BCUT2D eigenvalue weighted by Gasteiger charge is 2.44. The lowest BCUT2D eigenvalue weighted by Gasteiger charge is -2.28. The largest absolute Gasteiger partial charge is 0.480 e. The first kappa shape index (κ1) is 16.4. The van der Waals surface area contributed by atoms with Gasteiger partial charge in [0.2, 0.25) is 0 Å². The van der Waals surface area contributed by atoms with Crippen LogP contribution in [0.2, 0.25) is 0 Å². The minimum atomic E-state index is -3.83. The van der Waals surface area contributed by atoms with Gasteiger partial charge in [-0.1, -0.05) is 13.8 Å². The van der Waals surface area contributed by atoms with Crippen LogP contribution in [0.3, 0.4) is 0 Å². The zero-order valence-corrected chi connectivity index (χ0v) is 12.1. The van der Waals surface area contributed by atoms with E-state index in [1.165, 1.54) is 4.31 Å². The van der Waals surface area contributed by atoms with Crippen molar-refractivity contribution in [3.05, 3.63) is 0 Å². The second-order valence-corrected chi connectivity index (χ2v) is 6.60. The summed E-state index contributed by atoms with van der Waals surface area (Å²) in [6.45, 7) is 4.30. The van der Waals surface area contributed by atoms with E-state index in [-0.39, 0.29) is 13.0 Å². The summed E-state index contributed by atoms with van der Waals surface area (Å²) in [4.78, 5) is 11.1. The van der Waals surface area contributed by atoms with Gasteiger partial charge in [0.05, 0.1) is 6.10 Å². The standard InChI is InChI=1S/C11H22N2O5S/c1-3-5-12(6-4-2)19(17,18)13-8-9(14)7-10(13)11(15)16/h9-10,14H,3-8H2,1-2H3,(H,15,16)/t9?,10-/m0/s1. The molecule has 0 radical (unpaired) electrons. The molecule has 0 aromatic rings. The molecule has 0 bridgehead atoms. The maximum absolute atomic E-state index is 12.5. The van der Waals surface area contributed by atoms with E-state index in [2.05, 4.69) is 0 Å². The first-order chi connectivity index (χ1) is 8.84. The van der Waals surface area contributed by atoms with Crippen LogP contribution in [0, 0.1) is 0 Å². The van der Waals surface area contributed by atoms with Gasteiger partial charge in [0.1, 0.15) is 6.04 Å². The summed E-state index contributed by atoms with van der Waals surface area (Å²) in [5.74, 6) is -1.21. The minimum absolute atomic E-state index is 0.0549. The first-order valence-electron chi connectivity index (χ1n) is 6.52. The van der Waals surface area contributed by atoms with E-state index in [1.54, 1.807) is 0 Å². The molecule has 0 spiro atoms. The lowest BCUT2D eigenvalue weighted by molar-refractivity contribution is -0.140. The van der Waals surface area contributed by atoms with E-state index in [4.69, 9.17) is 5.11 Å². The van der Waals surface area contributed by atoms with Gasteiger partial charge < -0.3 is 10.2 Å². The SMILES string of the molecule is CCCN(CCC)S(=O)(=O)N1CC(O)C[C@H]1C(=O)O. The summed E-state index contributed by atoms with van der Waals surface area (Å²) >= 11 is 0. The molecule has 19 heavy (non-hydrogen) atoms. The van der Waals surface area contributed by atoms with Gasteiger partial charge in [0.25, 0.3) is 10.2 Å². The van der Waals surface area contributed by atoms with Crippen molar-refractivity contribution in [1.82, 2.24) is 8.61 Å². The first-order valence-corrected chi connectivity index (χ1v) is 7.92. The summed E-state index contributed by atoms with van der Waals surface area (Å²) in [6.07, 6.45) is 0.349. The summed E-state index contributed by atoms with van der Waals surface area (Å²) in [5.41, 5.74) is 0. The highest BCUT2D eigenvalue weighted by molar-refractivity contribution is 7.86. The molecule has 2 N–H and O–H groups in total. The van der Waals surface area contributed by atoms with E-state index in [0.29, 0.717) is 25.9 Å². The smallest absolute Gasteiger partial charge is 0.322 e. The number of aliphatic hydroxyl groups excluding tert-OH is 1. The predicted octanol–water partition coefficient (Wildman–Crippen LogP) is -0.127. The van der Waals surface area contributed by atoms with E-state index >= 15 is 0 Å². The molecule has 0 aromatic carbocycles. The normalized spacial score (nSPS) is 25.1. The average Bonchev–Trinajstić information content (AvgIpc) is 2.72. The Morgan fingerprint density at radius 2 is 1.84 bits per heavy atom. The molecule has 1 aliphatic rings. The van der Waals surface area contributed by atoms with Crippen molar-refractivity contribution in [2.24, 2.45) is 0 Å². The number of carboxylic acids is 1. The fourth-order valence-corrected chi connectivity index (χ4v) is 4.23. The summed E-state index contributed by atoms with van der Waals surface area (Å²) in [6, 6.07) is -1.17. The highest BCUT2D eigenvalue weighted by Crippen LogP contribution is 2.24. The van der Waals surface area contributed by atoms with Crippen LogP contribution in [-0.4, -0.2) is 65.0 Å². The molecule has 1 aliphatic heterocycles.